The van der Waals surface area contributed by atoms with E-state index in [9.17, 15) is 24.9 Å². The number of carbonyl (C=O) groups is 2. The van der Waals surface area contributed by atoms with Gasteiger partial charge in [0.2, 0.25) is 0 Å². The summed E-state index contributed by atoms with van der Waals surface area (Å²) in [7, 11) is 0. The molecule has 0 aromatic rings. The molecule has 8 fully saturated rings. The van der Waals surface area contributed by atoms with Crippen LogP contribution in [0.25, 0.3) is 0 Å². The molecule has 0 amide bonds. The molecule has 5 aliphatic carbocycles. The Balaban J connectivity index is 1.05. The van der Waals surface area contributed by atoms with Crippen molar-refractivity contribution in [3.05, 3.63) is 0 Å². The van der Waals surface area contributed by atoms with Gasteiger partial charge in [0.05, 0.1) is 30.5 Å². The van der Waals surface area contributed by atoms with Gasteiger partial charge in [-0.1, -0.05) is 34.6 Å². The van der Waals surface area contributed by atoms with Crippen LogP contribution in [0.1, 0.15) is 120 Å². The lowest BCUT2D eigenvalue weighted by atomic mass is 9.41. The summed E-state index contributed by atoms with van der Waals surface area (Å²) in [4.78, 5) is 23.6. The normalized spacial score (nSPS) is 55.8. The predicted molar refractivity (Wildman–Crippen MR) is 181 cm³/mol. The van der Waals surface area contributed by atoms with E-state index in [1.807, 2.05) is 13.8 Å². The lowest BCUT2D eigenvalue weighted by molar-refractivity contribution is -0.304. The molecule has 8 rings (SSSR count). The van der Waals surface area contributed by atoms with Crippen molar-refractivity contribution in [3.8, 4) is 0 Å². The van der Waals surface area contributed by atoms with Gasteiger partial charge in [0.1, 0.15) is 17.8 Å². The fraction of sp³-hybridized carbons (Fsp3) is 0.950. The zero-order chi connectivity index (χ0) is 36.2. The molecule has 3 aliphatic heterocycles. The lowest BCUT2D eigenvalue weighted by Gasteiger charge is -2.64. The Bertz CT molecular complexity index is 1430. The van der Waals surface area contributed by atoms with E-state index in [1.165, 1.54) is 26.7 Å². The zero-order valence-corrected chi connectivity index (χ0v) is 31.7. The molecule has 3 spiro atoms. The minimum absolute atomic E-state index is 0.0268. The summed E-state index contributed by atoms with van der Waals surface area (Å²) in [6.45, 7) is 18.7. The van der Waals surface area contributed by atoms with Crippen LogP contribution in [0.4, 0.5) is 0 Å². The summed E-state index contributed by atoms with van der Waals surface area (Å²) in [6, 6.07) is 0. The number of carbonyl (C=O) groups excluding carboxylic acids is 2. The fourth-order valence-electron chi connectivity index (χ4n) is 15.5. The molecule has 0 unspecified atom stereocenters. The van der Waals surface area contributed by atoms with E-state index < -0.39 is 47.9 Å². The minimum atomic E-state index is -1.32. The fourth-order valence-corrected chi connectivity index (χ4v) is 15.5. The summed E-state index contributed by atoms with van der Waals surface area (Å²) in [5.74, 6) is 0.697. The van der Waals surface area contributed by atoms with Crippen molar-refractivity contribution >= 4 is 11.9 Å². The number of fused-ring (bicyclic) bond motifs is 4. The molecule has 2 bridgehead atoms. The van der Waals surface area contributed by atoms with Gasteiger partial charge < -0.3 is 39.0 Å². The van der Waals surface area contributed by atoms with Crippen LogP contribution in [0, 0.1) is 56.7 Å². The molecule has 17 atom stereocenters. The average molecular weight is 703 g/mol. The van der Waals surface area contributed by atoms with Gasteiger partial charge in [-0.05, 0) is 117 Å². The molecular weight excluding hydrogens is 640 g/mol. The summed E-state index contributed by atoms with van der Waals surface area (Å²) < 4.78 is 30.7. The second-order valence-corrected chi connectivity index (χ2v) is 19.9. The highest BCUT2D eigenvalue weighted by Gasteiger charge is 2.87. The molecule has 3 heterocycles. The standard InChI is InChI=1S/C40H62O10/c1-20-16-24-23(35(6,7)49-22(3)42)17-40(50-24)31(20)36(8)14-15-39-19-38(39)13-12-28(48-32-30(44)29(43)25(18-46-32)47-21(2)41)34(4,5)26(38)10-11-27(39)37(36,9)33(40)45/h20,23-33,43-45H,10-19H2,1-9H3/t20-,23+,24-,25-,26+,27+,28+,29+,30-,31-,32+,33-,36-,37-,38-,39+,40-/m1/s1. The van der Waals surface area contributed by atoms with E-state index in [-0.39, 0.29) is 63.7 Å². The second-order valence-electron chi connectivity index (χ2n) is 19.9. The minimum Gasteiger partial charge on any atom is -0.459 e. The lowest BCUT2D eigenvalue weighted by Crippen LogP contribution is -2.61. The third-order valence-electron chi connectivity index (χ3n) is 17.3. The summed E-state index contributed by atoms with van der Waals surface area (Å²) in [6.07, 6.45) is 3.80. The van der Waals surface area contributed by atoms with Gasteiger partial charge in [-0.25, -0.2) is 0 Å². The molecule has 3 N–H and O–H groups in total. The zero-order valence-electron chi connectivity index (χ0n) is 31.7. The molecule has 10 heteroatoms. The van der Waals surface area contributed by atoms with E-state index in [4.69, 9.17) is 23.7 Å². The number of esters is 2. The van der Waals surface area contributed by atoms with Crippen LogP contribution in [0.2, 0.25) is 0 Å². The first-order valence-electron chi connectivity index (χ1n) is 19.6. The van der Waals surface area contributed by atoms with Crippen molar-refractivity contribution in [1.29, 1.82) is 0 Å². The molecule has 282 valence electrons. The number of aliphatic hydroxyl groups is 3. The van der Waals surface area contributed by atoms with Crippen molar-refractivity contribution < 1.29 is 48.6 Å². The monoisotopic (exact) mass is 702 g/mol. The molecule has 0 aromatic carbocycles. The van der Waals surface area contributed by atoms with Crippen molar-refractivity contribution in [2.24, 2.45) is 56.7 Å². The summed E-state index contributed by atoms with van der Waals surface area (Å²) >= 11 is 0. The maximum absolute atomic E-state index is 13.0. The molecular formula is C40H62O10. The SMILES string of the molecule is CC(=O)O[C@@H]1CO[C@@H](O[C@H]2CC[C@]34C[C@]35CC[C@]3(C)[C@H]6[C@H](C)C[C@H]7O[C@@]6(C[C@@H]7C(C)(C)OC(C)=O)[C@H](O)[C@@]3(C)[C@@H]5CC[C@H]4C2(C)C)[C@H](O)[C@H]1O. The first-order valence-corrected chi connectivity index (χ1v) is 19.6. The van der Waals surface area contributed by atoms with Crippen LogP contribution >= 0.6 is 0 Å². The van der Waals surface area contributed by atoms with Crippen LogP contribution in [-0.4, -0.2) is 88.0 Å². The van der Waals surface area contributed by atoms with Crippen molar-refractivity contribution in [2.45, 2.75) is 174 Å². The van der Waals surface area contributed by atoms with Crippen LogP contribution < -0.4 is 0 Å². The van der Waals surface area contributed by atoms with E-state index in [0.717, 1.165) is 44.9 Å². The quantitative estimate of drug-likeness (QED) is 0.267. The number of hydrogen-bond donors (Lipinski definition) is 3. The van der Waals surface area contributed by atoms with Gasteiger partial charge in [-0.2, -0.15) is 0 Å². The van der Waals surface area contributed by atoms with E-state index in [0.29, 0.717) is 17.8 Å². The van der Waals surface area contributed by atoms with Crippen molar-refractivity contribution in [3.63, 3.8) is 0 Å². The molecule has 0 radical (unpaired) electrons. The van der Waals surface area contributed by atoms with Crippen molar-refractivity contribution in [1.82, 2.24) is 0 Å². The molecule has 50 heavy (non-hydrogen) atoms. The van der Waals surface area contributed by atoms with Gasteiger partial charge in [0, 0.05) is 25.2 Å². The Kier molecular flexibility index (Phi) is 7.78. The van der Waals surface area contributed by atoms with Crippen LogP contribution in [-0.2, 0) is 33.3 Å². The molecule has 3 saturated heterocycles. The first-order chi connectivity index (χ1) is 23.2. The first kappa shape index (κ1) is 35.7. The second kappa shape index (κ2) is 10.9. The van der Waals surface area contributed by atoms with Gasteiger partial charge in [0.25, 0.3) is 0 Å². The topological polar surface area (TPSA) is 141 Å². The largest absolute Gasteiger partial charge is 0.459 e. The smallest absolute Gasteiger partial charge is 0.303 e. The van der Waals surface area contributed by atoms with Gasteiger partial charge >= 0.3 is 11.9 Å². The number of hydrogen-bond acceptors (Lipinski definition) is 10. The van der Waals surface area contributed by atoms with Crippen molar-refractivity contribution in [2.75, 3.05) is 6.61 Å². The van der Waals surface area contributed by atoms with Gasteiger partial charge in [-0.3, -0.25) is 9.59 Å². The number of rotatable bonds is 5. The van der Waals surface area contributed by atoms with E-state index in [2.05, 4.69) is 34.6 Å². The van der Waals surface area contributed by atoms with Crippen LogP contribution in [0.3, 0.4) is 0 Å². The number of ether oxygens (including phenoxy) is 5. The van der Waals surface area contributed by atoms with Gasteiger partial charge in [-0.15, -0.1) is 0 Å². The molecule has 0 aromatic heterocycles. The summed E-state index contributed by atoms with van der Waals surface area (Å²) in [5, 5.41) is 34.6. The highest BCUT2D eigenvalue weighted by atomic mass is 16.7. The average Bonchev–Trinajstić information content (AvgIpc) is 3.53. The third-order valence-corrected chi connectivity index (χ3v) is 17.3. The highest BCUT2D eigenvalue weighted by molar-refractivity contribution is 5.66. The van der Waals surface area contributed by atoms with Crippen LogP contribution in [0.5, 0.6) is 0 Å². The van der Waals surface area contributed by atoms with Gasteiger partial charge in [0.15, 0.2) is 12.4 Å². The Morgan fingerprint density at radius 1 is 0.880 bits per heavy atom. The third kappa shape index (κ3) is 4.29. The molecule has 8 aliphatic rings. The number of aliphatic hydroxyl groups excluding tert-OH is 3. The Labute approximate surface area is 297 Å². The van der Waals surface area contributed by atoms with Crippen LogP contribution in [0.15, 0.2) is 0 Å². The molecule has 10 nitrogen and oxygen atoms in total. The maximum Gasteiger partial charge on any atom is 0.303 e. The highest BCUT2D eigenvalue weighted by Crippen LogP contribution is 2.90. The Hall–Kier alpha value is -1.30. The Morgan fingerprint density at radius 2 is 1.56 bits per heavy atom. The predicted octanol–water partition coefficient (Wildman–Crippen LogP) is 4.93. The Morgan fingerprint density at radius 3 is 2.24 bits per heavy atom. The maximum atomic E-state index is 13.0. The summed E-state index contributed by atoms with van der Waals surface area (Å²) in [5.41, 5.74) is -1.52. The van der Waals surface area contributed by atoms with E-state index in [1.54, 1.807) is 0 Å². The van der Waals surface area contributed by atoms with E-state index >= 15 is 0 Å². The molecule has 5 saturated carbocycles.